The highest BCUT2D eigenvalue weighted by Gasteiger charge is 2.39. The first-order valence-corrected chi connectivity index (χ1v) is 16.9. The molecule has 6 rings (SSSR count). The first kappa shape index (κ1) is 32.1. The van der Waals surface area contributed by atoms with Crippen LogP contribution in [0.5, 0.6) is 5.75 Å². The van der Waals surface area contributed by atoms with Crippen molar-refractivity contribution in [2.75, 3.05) is 19.7 Å². The minimum Gasteiger partial charge on any atom is -0.493 e. The molecule has 244 valence electrons. The summed E-state index contributed by atoms with van der Waals surface area (Å²) in [5, 5.41) is 21.9. The third kappa shape index (κ3) is 7.39. The van der Waals surface area contributed by atoms with Crippen molar-refractivity contribution in [3.63, 3.8) is 0 Å². The van der Waals surface area contributed by atoms with Gasteiger partial charge in [0.1, 0.15) is 17.7 Å². The molecule has 3 aromatic rings. The van der Waals surface area contributed by atoms with Gasteiger partial charge in [-0.25, -0.2) is 17.9 Å². The molecule has 0 spiro atoms. The van der Waals surface area contributed by atoms with Crippen molar-refractivity contribution in [3.8, 4) is 16.9 Å². The normalized spacial score (nSPS) is 26.0. The number of nitrogens with two attached hydrogens (primary N) is 1. The Balaban J connectivity index is 1.29. The number of rotatable bonds is 4. The first-order valence-electron chi connectivity index (χ1n) is 15.3. The maximum atomic E-state index is 13.7. The monoisotopic (exact) mass is 652 g/mol. The minimum absolute atomic E-state index is 0.00944. The lowest BCUT2D eigenvalue weighted by Crippen LogP contribution is -2.50. The fraction of sp³-hybridized carbons (Fsp3) is 0.394. The second-order valence-electron chi connectivity index (χ2n) is 12.1. The molecule has 4 bridgehead atoms. The molecular formula is C33H37FN4O7S. The van der Waals surface area contributed by atoms with Gasteiger partial charge in [0, 0.05) is 32.1 Å². The molecule has 0 saturated carbocycles. The van der Waals surface area contributed by atoms with Crippen LogP contribution in [0.15, 0.2) is 71.6 Å². The molecule has 11 nitrogen and oxygen atoms in total. The average molecular weight is 653 g/mol. The molecule has 0 unspecified atom stereocenters. The van der Waals surface area contributed by atoms with Gasteiger partial charge >= 0.3 is 0 Å². The Morgan fingerprint density at radius 2 is 1.72 bits per heavy atom. The number of primary sulfonamides is 1. The van der Waals surface area contributed by atoms with E-state index in [1.807, 2.05) is 4.90 Å². The number of amides is 2. The average Bonchev–Trinajstić information content (AvgIpc) is 3.43. The number of fused-ring (bicyclic) bond motifs is 5. The van der Waals surface area contributed by atoms with Gasteiger partial charge in [-0.15, -0.1) is 0 Å². The fourth-order valence-corrected chi connectivity index (χ4v) is 6.87. The van der Waals surface area contributed by atoms with Crippen LogP contribution in [0.25, 0.3) is 11.1 Å². The van der Waals surface area contributed by atoms with Crippen LogP contribution < -0.4 is 20.5 Å². The van der Waals surface area contributed by atoms with Crippen LogP contribution in [0.1, 0.15) is 41.6 Å². The zero-order valence-electron chi connectivity index (χ0n) is 25.1. The number of carbonyl (C=O) groups is 2. The lowest BCUT2D eigenvalue weighted by atomic mass is 9.99. The highest BCUT2D eigenvalue weighted by Crippen LogP contribution is 2.30. The van der Waals surface area contributed by atoms with E-state index >= 15 is 0 Å². The molecular weight excluding hydrogens is 615 g/mol. The number of nitrogens with one attached hydrogen (secondary N) is 2. The summed E-state index contributed by atoms with van der Waals surface area (Å²) in [5.41, 5.74) is 2.56. The van der Waals surface area contributed by atoms with E-state index in [-0.39, 0.29) is 47.8 Å². The number of aliphatic hydroxyl groups excluding tert-OH is 1. The molecule has 5 N–H and O–H groups in total. The Bertz CT molecular complexity index is 1690. The number of benzene rings is 3. The van der Waals surface area contributed by atoms with Crippen molar-refractivity contribution in [1.29, 1.82) is 0 Å². The van der Waals surface area contributed by atoms with Gasteiger partial charge in [0.05, 0.1) is 35.3 Å². The Morgan fingerprint density at radius 3 is 2.46 bits per heavy atom. The van der Waals surface area contributed by atoms with Gasteiger partial charge in [0.15, 0.2) is 0 Å². The van der Waals surface area contributed by atoms with Crippen LogP contribution in [-0.2, 0) is 26.1 Å². The SMILES string of the molecule is NS(=O)(=O)c1ccc(-c2ccc3c(c2)OCC[C@@H]2CC[C@H](O)[C@@H](CNC(=O)[C@@H]4C[C@@H](CN4Cc4ccc(F)cc4)NC3=O)O2)cc1. The molecule has 3 aliphatic heterocycles. The van der Waals surface area contributed by atoms with Crippen LogP contribution in [0.3, 0.4) is 0 Å². The van der Waals surface area contributed by atoms with Gasteiger partial charge in [-0.1, -0.05) is 30.3 Å². The molecule has 3 aromatic carbocycles. The number of aliphatic hydroxyl groups is 1. The number of likely N-dealkylation sites (tertiary alicyclic amines) is 1. The van der Waals surface area contributed by atoms with Crippen LogP contribution in [0.2, 0.25) is 0 Å². The van der Waals surface area contributed by atoms with Crippen LogP contribution in [0.4, 0.5) is 4.39 Å². The summed E-state index contributed by atoms with van der Waals surface area (Å²) in [6, 6.07) is 16.4. The molecule has 46 heavy (non-hydrogen) atoms. The van der Waals surface area contributed by atoms with E-state index in [2.05, 4.69) is 10.6 Å². The van der Waals surface area contributed by atoms with Crippen molar-refractivity contribution >= 4 is 21.8 Å². The van der Waals surface area contributed by atoms with E-state index in [1.54, 1.807) is 42.5 Å². The summed E-state index contributed by atoms with van der Waals surface area (Å²) in [6.45, 7) is 1.15. The summed E-state index contributed by atoms with van der Waals surface area (Å²) in [4.78, 5) is 29.1. The second-order valence-corrected chi connectivity index (χ2v) is 13.6. The van der Waals surface area contributed by atoms with Gasteiger partial charge < -0.3 is 25.2 Å². The Labute approximate surface area is 266 Å². The topological polar surface area (TPSA) is 160 Å². The summed E-state index contributed by atoms with van der Waals surface area (Å²) < 4.78 is 49.4. The third-order valence-corrected chi connectivity index (χ3v) is 9.77. The number of sulfonamides is 1. The number of carbonyl (C=O) groups excluding carboxylic acids is 2. The molecule has 5 atom stereocenters. The van der Waals surface area contributed by atoms with Crippen LogP contribution in [0, 0.1) is 5.82 Å². The van der Waals surface area contributed by atoms with E-state index in [1.165, 1.54) is 24.3 Å². The van der Waals surface area contributed by atoms with Crippen LogP contribution in [-0.4, -0.2) is 80.3 Å². The van der Waals surface area contributed by atoms with E-state index in [4.69, 9.17) is 14.6 Å². The minimum atomic E-state index is -3.85. The van der Waals surface area contributed by atoms with E-state index in [0.717, 1.165) is 5.56 Å². The molecule has 2 saturated heterocycles. The molecule has 2 amide bonds. The van der Waals surface area contributed by atoms with Crippen LogP contribution >= 0.6 is 0 Å². The highest BCUT2D eigenvalue weighted by atomic mass is 32.2. The third-order valence-electron chi connectivity index (χ3n) is 8.84. The molecule has 0 radical (unpaired) electrons. The molecule has 3 aliphatic rings. The molecule has 0 aromatic heterocycles. The van der Waals surface area contributed by atoms with Gasteiger partial charge in [0.25, 0.3) is 5.91 Å². The number of hydrogen-bond acceptors (Lipinski definition) is 8. The van der Waals surface area contributed by atoms with Gasteiger partial charge in [-0.2, -0.15) is 0 Å². The Morgan fingerprint density at radius 1 is 0.978 bits per heavy atom. The Kier molecular flexibility index (Phi) is 9.39. The van der Waals surface area contributed by atoms with E-state index in [9.17, 15) is 27.5 Å². The van der Waals surface area contributed by atoms with Crippen molar-refractivity contribution in [2.45, 2.75) is 67.5 Å². The van der Waals surface area contributed by atoms with Crippen molar-refractivity contribution in [1.82, 2.24) is 15.5 Å². The fourth-order valence-electron chi connectivity index (χ4n) is 6.35. The largest absolute Gasteiger partial charge is 0.493 e. The van der Waals surface area contributed by atoms with Gasteiger partial charge in [-0.3, -0.25) is 14.5 Å². The van der Waals surface area contributed by atoms with E-state index < -0.39 is 28.3 Å². The number of ether oxygens (including phenoxy) is 2. The van der Waals surface area contributed by atoms with E-state index in [0.29, 0.717) is 61.2 Å². The summed E-state index contributed by atoms with van der Waals surface area (Å²) in [6.07, 6.45) is 0.487. The lowest BCUT2D eigenvalue weighted by molar-refractivity contribution is -0.133. The number of nitrogens with zero attached hydrogens (tertiary/aromatic N) is 1. The predicted molar refractivity (Wildman–Crippen MR) is 167 cm³/mol. The zero-order valence-corrected chi connectivity index (χ0v) is 25.9. The smallest absolute Gasteiger partial charge is 0.255 e. The summed E-state index contributed by atoms with van der Waals surface area (Å²) >= 11 is 0. The molecule has 0 aliphatic carbocycles. The lowest BCUT2D eigenvalue weighted by Gasteiger charge is -2.34. The predicted octanol–water partition coefficient (Wildman–Crippen LogP) is 2.32. The Hall–Kier alpha value is -3.88. The number of hydrogen-bond donors (Lipinski definition) is 4. The van der Waals surface area contributed by atoms with Crippen molar-refractivity contribution < 1.29 is 37.0 Å². The molecule has 13 heteroatoms. The van der Waals surface area contributed by atoms with Crippen molar-refractivity contribution in [3.05, 3.63) is 83.7 Å². The quantitative estimate of drug-likeness (QED) is 0.334. The molecule has 2 fully saturated rings. The maximum Gasteiger partial charge on any atom is 0.255 e. The summed E-state index contributed by atoms with van der Waals surface area (Å²) in [5.74, 6) is -0.592. The standard InChI is InChI=1S/C33H37FN4O7S/c34-23-6-1-20(2-7-23)18-38-19-24-16-28(38)33(41)36-17-31-29(39)12-8-25(45-31)13-14-44-30-15-22(5-11-27(30)32(40)37-24)21-3-9-26(10-4-21)46(35,42)43/h1-7,9-11,15,24-25,28-29,31,39H,8,12-14,16-19H2,(H,36,41)(H,37,40)(H2,35,42,43)/t24-,25-,28-,29-,31+/m0/s1. The van der Waals surface area contributed by atoms with Crippen molar-refractivity contribution in [2.24, 2.45) is 5.14 Å². The number of halogens is 1. The van der Waals surface area contributed by atoms with Gasteiger partial charge in [0.2, 0.25) is 15.9 Å². The highest BCUT2D eigenvalue weighted by molar-refractivity contribution is 7.89. The molecule has 3 heterocycles. The first-order chi connectivity index (χ1) is 22.0. The van der Waals surface area contributed by atoms with Gasteiger partial charge in [-0.05, 0) is 72.4 Å². The summed E-state index contributed by atoms with van der Waals surface area (Å²) in [7, 11) is -3.85. The zero-order chi connectivity index (χ0) is 32.4. The second kappa shape index (κ2) is 13.5. The maximum absolute atomic E-state index is 13.7.